The van der Waals surface area contributed by atoms with E-state index in [0.29, 0.717) is 10.6 Å². The lowest BCUT2D eigenvalue weighted by Gasteiger charge is -2.32. The van der Waals surface area contributed by atoms with Crippen LogP contribution in [0.25, 0.3) is 0 Å². The van der Waals surface area contributed by atoms with Gasteiger partial charge in [0.1, 0.15) is 11.0 Å². The smallest absolute Gasteiger partial charge is 0.276 e. The largest absolute Gasteiger partial charge is 0.365 e. The van der Waals surface area contributed by atoms with Crippen LogP contribution in [0.15, 0.2) is 59.7 Å². The SMILES string of the molecule is CCN(CC)C(=S)C1C(C)C(c2ccccc2)=NN1C(=O)c1ccccc1Cl. The van der Waals surface area contributed by atoms with Crippen LogP contribution in [0.4, 0.5) is 0 Å². The third kappa shape index (κ3) is 3.82. The molecule has 28 heavy (non-hydrogen) atoms. The second-order valence-electron chi connectivity index (χ2n) is 6.72. The van der Waals surface area contributed by atoms with E-state index in [1.165, 1.54) is 5.01 Å². The van der Waals surface area contributed by atoms with Crippen molar-refractivity contribution in [3.8, 4) is 0 Å². The summed E-state index contributed by atoms with van der Waals surface area (Å²) in [6.07, 6.45) is 0. The Bertz CT molecular complexity index is 896. The zero-order chi connectivity index (χ0) is 20.3. The molecule has 2 atom stereocenters. The second-order valence-corrected chi connectivity index (χ2v) is 7.55. The maximum atomic E-state index is 13.4. The van der Waals surface area contributed by atoms with Gasteiger partial charge in [-0.25, -0.2) is 5.01 Å². The number of hydrazone groups is 1. The second kappa shape index (κ2) is 8.84. The summed E-state index contributed by atoms with van der Waals surface area (Å²) < 4.78 is 0. The molecule has 0 bridgehead atoms. The van der Waals surface area contributed by atoms with Crippen LogP contribution in [-0.4, -0.2) is 45.6 Å². The van der Waals surface area contributed by atoms with Gasteiger partial charge in [0, 0.05) is 19.0 Å². The Balaban J connectivity index is 2.05. The van der Waals surface area contributed by atoms with E-state index in [0.717, 1.165) is 29.4 Å². The number of hydrogen-bond donors (Lipinski definition) is 0. The topological polar surface area (TPSA) is 35.9 Å². The van der Waals surface area contributed by atoms with E-state index in [2.05, 4.69) is 25.7 Å². The van der Waals surface area contributed by atoms with E-state index in [1.807, 2.05) is 36.4 Å². The molecule has 0 saturated carbocycles. The van der Waals surface area contributed by atoms with Crippen molar-refractivity contribution in [3.05, 3.63) is 70.7 Å². The summed E-state index contributed by atoms with van der Waals surface area (Å²) >= 11 is 12.1. The van der Waals surface area contributed by atoms with Crippen LogP contribution in [0.5, 0.6) is 0 Å². The average molecular weight is 414 g/mol. The molecule has 0 aromatic heterocycles. The average Bonchev–Trinajstić information content (AvgIpc) is 3.06. The van der Waals surface area contributed by atoms with Gasteiger partial charge >= 0.3 is 0 Å². The Morgan fingerprint density at radius 1 is 1.11 bits per heavy atom. The maximum absolute atomic E-state index is 13.4. The fourth-order valence-electron chi connectivity index (χ4n) is 3.53. The fourth-order valence-corrected chi connectivity index (χ4v) is 4.31. The highest BCUT2D eigenvalue weighted by Gasteiger charge is 2.42. The Hall–Kier alpha value is -2.24. The molecule has 4 nitrogen and oxygen atoms in total. The van der Waals surface area contributed by atoms with Crippen molar-refractivity contribution in [2.24, 2.45) is 11.0 Å². The van der Waals surface area contributed by atoms with E-state index in [4.69, 9.17) is 28.9 Å². The number of hydrogen-bond acceptors (Lipinski definition) is 3. The molecule has 0 aliphatic carbocycles. The molecule has 1 aliphatic rings. The van der Waals surface area contributed by atoms with Crippen molar-refractivity contribution in [2.45, 2.75) is 26.8 Å². The standard InChI is InChI=1S/C22H24ClN3OS/c1-4-25(5-2)22(28)20-15(3)19(16-11-7-6-8-12-16)24-26(20)21(27)17-13-9-10-14-18(17)23/h6-15,20H,4-5H2,1-3H3. The Labute approximate surface area is 176 Å². The lowest BCUT2D eigenvalue weighted by atomic mass is 9.92. The Morgan fingerprint density at radius 3 is 2.32 bits per heavy atom. The van der Waals surface area contributed by atoms with E-state index < -0.39 is 0 Å². The number of amides is 1. The molecule has 146 valence electrons. The van der Waals surface area contributed by atoms with Crippen molar-refractivity contribution >= 4 is 40.4 Å². The molecule has 0 spiro atoms. The predicted octanol–water partition coefficient (Wildman–Crippen LogP) is 4.87. The van der Waals surface area contributed by atoms with Crippen molar-refractivity contribution < 1.29 is 4.79 Å². The Kier molecular flexibility index (Phi) is 6.47. The van der Waals surface area contributed by atoms with E-state index >= 15 is 0 Å². The van der Waals surface area contributed by atoms with Gasteiger partial charge in [-0.3, -0.25) is 4.79 Å². The van der Waals surface area contributed by atoms with Crippen LogP contribution >= 0.6 is 23.8 Å². The molecule has 0 radical (unpaired) electrons. The summed E-state index contributed by atoms with van der Waals surface area (Å²) in [7, 11) is 0. The van der Waals surface area contributed by atoms with Crippen molar-refractivity contribution in [1.82, 2.24) is 9.91 Å². The van der Waals surface area contributed by atoms with Gasteiger partial charge in [0.25, 0.3) is 5.91 Å². The molecule has 6 heteroatoms. The van der Waals surface area contributed by atoms with Gasteiger partial charge in [0.2, 0.25) is 0 Å². The first kappa shape index (κ1) is 20.5. The van der Waals surface area contributed by atoms with E-state index in [9.17, 15) is 4.79 Å². The van der Waals surface area contributed by atoms with E-state index in [1.54, 1.807) is 18.2 Å². The number of likely N-dealkylation sites (N-methyl/N-ethyl adjacent to an activating group) is 1. The number of nitrogens with zero attached hydrogens (tertiary/aromatic N) is 3. The van der Waals surface area contributed by atoms with Crippen molar-refractivity contribution in [2.75, 3.05) is 13.1 Å². The summed E-state index contributed by atoms with van der Waals surface area (Å²) in [5, 5.41) is 6.67. The molecule has 1 heterocycles. The normalized spacial score (nSPS) is 18.7. The minimum absolute atomic E-state index is 0.0260. The van der Waals surface area contributed by atoms with Crippen LogP contribution in [0.1, 0.15) is 36.7 Å². The molecule has 3 rings (SSSR count). The third-order valence-electron chi connectivity index (χ3n) is 5.09. The lowest BCUT2D eigenvalue weighted by Crippen LogP contribution is -2.49. The molecule has 2 aromatic rings. The van der Waals surface area contributed by atoms with Crippen LogP contribution < -0.4 is 0 Å². The quantitative estimate of drug-likeness (QED) is 0.656. The van der Waals surface area contributed by atoms with E-state index in [-0.39, 0.29) is 17.9 Å². The van der Waals surface area contributed by atoms with Crippen LogP contribution in [-0.2, 0) is 0 Å². The number of halogens is 1. The molecule has 0 fully saturated rings. The summed E-state index contributed by atoms with van der Waals surface area (Å²) in [4.78, 5) is 16.2. The molecular formula is C22H24ClN3OS. The molecule has 2 aromatic carbocycles. The molecule has 1 amide bonds. The number of carbonyl (C=O) groups is 1. The van der Waals surface area contributed by atoms with Crippen LogP contribution in [0, 0.1) is 5.92 Å². The third-order valence-corrected chi connectivity index (χ3v) is 5.92. The van der Waals surface area contributed by atoms with Gasteiger partial charge in [0.05, 0.1) is 16.3 Å². The summed E-state index contributed by atoms with van der Waals surface area (Å²) in [5.74, 6) is -0.259. The monoisotopic (exact) mass is 413 g/mol. The summed E-state index contributed by atoms with van der Waals surface area (Å²) in [6.45, 7) is 7.77. The van der Waals surface area contributed by atoms with Crippen LogP contribution in [0.3, 0.4) is 0 Å². The van der Waals surface area contributed by atoms with Crippen LogP contribution in [0.2, 0.25) is 5.02 Å². The molecular weight excluding hydrogens is 390 g/mol. The number of rotatable bonds is 5. The highest BCUT2D eigenvalue weighted by Crippen LogP contribution is 2.30. The van der Waals surface area contributed by atoms with Gasteiger partial charge in [-0.2, -0.15) is 5.10 Å². The molecule has 1 aliphatic heterocycles. The first-order chi connectivity index (χ1) is 13.5. The summed E-state index contributed by atoms with van der Waals surface area (Å²) in [5.41, 5.74) is 2.29. The van der Waals surface area contributed by atoms with Gasteiger partial charge < -0.3 is 4.90 Å². The predicted molar refractivity (Wildman–Crippen MR) is 119 cm³/mol. The van der Waals surface area contributed by atoms with Gasteiger partial charge in [0.15, 0.2) is 0 Å². The van der Waals surface area contributed by atoms with Crippen molar-refractivity contribution in [1.29, 1.82) is 0 Å². The first-order valence-electron chi connectivity index (χ1n) is 9.50. The number of carbonyl (C=O) groups excluding carboxylic acids is 1. The Morgan fingerprint density at radius 2 is 1.71 bits per heavy atom. The van der Waals surface area contributed by atoms with Gasteiger partial charge in [-0.05, 0) is 31.5 Å². The van der Waals surface area contributed by atoms with Gasteiger partial charge in [-0.1, -0.05) is 73.2 Å². The highest BCUT2D eigenvalue weighted by atomic mass is 35.5. The minimum Gasteiger partial charge on any atom is -0.365 e. The molecule has 2 unspecified atom stereocenters. The highest BCUT2D eigenvalue weighted by molar-refractivity contribution is 7.80. The number of benzene rings is 2. The fraction of sp³-hybridized carbons (Fsp3) is 0.318. The number of thiocarbonyl (C=S) groups is 1. The molecule has 0 N–H and O–H groups in total. The minimum atomic E-state index is -0.325. The lowest BCUT2D eigenvalue weighted by molar-refractivity contribution is 0.0732. The maximum Gasteiger partial charge on any atom is 0.276 e. The zero-order valence-corrected chi connectivity index (χ0v) is 17.9. The summed E-state index contributed by atoms with van der Waals surface area (Å²) in [6, 6.07) is 16.7. The molecule has 0 saturated heterocycles. The van der Waals surface area contributed by atoms with Crippen molar-refractivity contribution in [3.63, 3.8) is 0 Å². The zero-order valence-electron chi connectivity index (χ0n) is 16.3. The van der Waals surface area contributed by atoms with Gasteiger partial charge in [-0.15, -0.1) is 0 Å². The first-order valence-corrected chi connectivity index (χ1v) is 10.3.